The maximum Gasteiger partial charge on any atom is 0.257 e. The molecule has 0 N–H and O–H groups in total. The molecule has 3 aromatic rings. The van der Waals surface area contributed by atoms with Crippen LogP contribution >= 0.6 is 0 Å². The Morgan fingerprint density at radius 2 is 1.97 bits per heavy atom. The van der Waals surface area contributed by atoms with Crippen molar-refractivity contribution in [2.24, 2.45) is 0 Å². The van der Waals surface area contributed by atoms with Crippen molar-refractivity contribution in [1.29, 1.82) is 0 Å². The van der Waals surface area contributed by atoms with Crippen LogP contribution in [0.25, 0.3) is 11.4 Å². The zero-order valence-electron chi connectivity index (χ0n) is 16.6. The number of piperidine rings is 1. The molecule has 150 valence electrons. The third kappa shape index (κ3) is 4.35. The van der Waals surface area contributed by atoms with E-state index in [1.165, 1.54) is 0 Å². The van der Waals surface area contributed by atoms with Crippen molar-refractivity contribution in [2.45, 2.75) is 25.3 Å². The first kappa shape index (κ1) is 19.3. The topological polar surface area (TPSA) is 73.1 Å². The number of carbonyl (C=O) groups excluding carboxylic acids is 1. The highest BCUT2D eigenvalue weighted by atomic mass is 16.5. The second kappa shape index (κ2) is 8.96. The third-order valence-electron chi connectivity index (χ3n) is 5.29. The van der Waals surface area contributed by atoms with Gasteiger partial charge in [-0.1, -0.05) is 30.3 Å². The molecule has 0 unspecified atom stereocenters. The Bertz CT molecular complexity index is 939. The first-order chi connectivity index (χ1) is 14.3. The molecular weight excluding hydrogens is 366 g/mol. The van der Waals surface area contributed by atoms with Crippen LogP contribution < -0.4 is 0 Å². The lowest BCUT2D eigenvalue weighted by molar-refractivity contribution is 0.0701. The molecule has 1 saturated heterocycles. The van der Waals surface area contributed by atoms with E-state index in [4.69, 9.17) is 4.74 Å². The van der Waals surface area contributed by atoms with E-state index in [1.807, 2.05) is 47.6 Å². The fourth-order valence-electron chi connectivity index (χ4n) is 3.79. The molecule has 0 spiro atoms. The summed E-state index contributed by atoms with van der Waals surface area (Å²) in [6, 6.07) is 9.76. The van der Waals surface area contributed by atoms with Crippen molar-refractivity contribution in [3.8, 4) is 11.4 Å². The highest BCUT2D eigenvalue weighted by Crippen LogP contribution is 2.27. The van der Waals surface area contributed by atoms with Gasteiger partial charge in [0.25, 0.3) is 5.91 Å². The molecule has 7 nitrogen and oxygen atoms in total. The summed E-state index contributed by atoms with van der Waals surface area (Å²) < 4.78 is 7.31. The van der Waals surface area contributed by atoms with Gasteiger partial charge in [-0.25, -0.2) is 15.0 Å². The summed E-state index contributed by atoms with van der Waals surface area (Å²) in [5, 5.41) is 0. The van der Waals surface area contributed by atoms with Gasteiger partial charge in [-0.3, -0.25) is 4.79 Å². The number of amides is 1. The number of hydrogen-bond donors (Lipinski definition) is 0. The Kier molecular flexibility index (Phi) is 5.95. The zero-order valence-corrected chi connectivity index (χ0v) is 16.6. The van der Waals surface area contributed by atoms with Crippen molar-refractivity contribution >= 4 is 5.91 Å². The smallest absolute Gasteiger partial charge is 0.257 e. The SMILES string of the molecule is COCCn1ccnc1[C@H]1CCCN(C(=O)c2cnc(-c3ccccc3)nc2)C1. The standard InChI is InChI=1S/C22H25N5O2/c1-29-13-12-26-11-9-23-21(26)18-8-5-10-27(16-18)22(28)19-14-24-20(25-15-19)17-6-3-2-4-7-17/h2-4,6-7,9,11,14-15,18H,5,8,10,12-13,16H2,1H3/t18-/m0/s1. The summed E-state index contributed by atoms with van der Waals surface area (Å²) in [5.74, 6) is 1.85. The van der Waals surface area contributed by atoms with E-state index in [-0.39, 0.29) is 11.8 Å². The molecule has 7 heteroatoms. The van der Waals surface area contributed by atoms with Crippen molar-refractivity contribution in [3.63, 3.8) is 0 Å². The minimum atomic E-state index is -0.0238. The number of carbonyl (C=O) groups is 1. The summed E-state index contributed by atoms with van der Waals surface area (Å²) in [7, 11) is 1.70. The number of likely N-dealkylation sites (tertiary alicyclic amines) is 1. The second-order valence-corrected chi connectivity index (χ2v) is 7.22. The van der Waals surface area contributed by atoms with E-state index >= 15 is 0 Å². The molecule has 1 atom stereocenters. The minimum absolute atomic E-state index is 0.0238. The predicted octanol–water partition coefficient (Wildman–Crippen LogP) is 3.01. The van der Waals surface area contributed by atoms with Gasteiger partial charge in [0.05, 0.1) is 12.2 Å². The number of methoxy groups -OCH3 is 1. The van der Waals surface area contributed by atoms with Crippen LogP contribution in [0.1, 0.15) is 34.9 Å². The zero-order chi connectivity index (χ0) is 20.1. The summed E-state index contributed by atoms with van der Waals surface area (Å²) in [6.07, 6.45) is 9.03. The maximum absolute atomic E-state index is 13.0. The molecule has 3 heterocycles. The molecule has 0 saturated carbocycles. The lowest BCUT2D eigenvalue weighted by atomic mass is 9.96. The molecule has 0 radical (unpaired) electrons. The number of benzene rings is 1. The molecule has 0 aliphatic carbocycles. The average molecular weight is 391 g/mol. The molecule has 0 bridgehead atoms. The quantitative estimate of drug-likeness (QED) is 0.646. The first-order valence-corrected chi connectivity index (χ1v) is 9.93. The third-order valence-corrected chi connectivity index (χ3v) is 5.29. The highest BCUT2D eigenvalue weighted by Gasteiger charge is 2.28. The van der Waals surface area contributed by atoms with Gasteiger partial charge in [0, 0.05) is 63.0 Å². The van der Waals surface area contributed by atoms with Crippen LogP contribution in [0.5, 0.6) is 0 Å². The molecule has 29 heavy (non-hydrogen) atoms. The molecule has 1 aliphatic heterocycles. The average Bonchev–Trinajstić information content (AvgIpc) is 3.26. The molecule has 1 aliphatic rings. The van der Waals surface area contributed by atoms with E-state index in [9.17, 15) is 4.79 Å². The van der Waals surface area contributed by atoms with Gasteiger partial charge in [-0.2, -0.15) is 0 Å². The Balaban J connectivity index is 1.46. The van der Waals surface area contributed by atoms with Gasteiger partial charge in [0.2, 0.25) is 0 Å². The van der Waals surface area contributed by atoms with E-state index in [0.29, 0.717) is 24.5 Å². The van der Waals surface area contributed by atoms with Crippen LogP contribution in [0.4, 0.5) is 0 Å². The molecule has 4 rings (SSSR count). The number of rotatable bonds is 6. The monoisotopic (exact) mass is 391 g/mol. The van der Waals surface area contributed by atoms with Gasteiger partial charge < -0.3 is 14.2 Å². The lowest BCUT2D eigenvalue weighted by Gasteiger charge is -2.32. The van der Waals surface area contributed by atoms with E-state index in [1.54, 1.807) is 19.5 Å². The molecule has 1 amide bonds. The molecule has 1 aromatic carbocycles. The van der Waals surface area contributed by atoms with Crippen LogP contribution in [-0.4, -0.2) is 57.1 Å². The second-order valence-electron chi connectivity index (χ2n) is 7.22. The van der Waals surface area contributed by atoms with Gasteiger partial charge in [0.15, 0.2) is 5.82 Å². The van der Waals surface area contributed by atoms with Crippen molar-refractivity contribution in [2.75, 3.05) is 26.8 Å². The van der Waals surface area contributed by atoms with Crippen molar-refractivity contribution < 1.29 is 9.53 Å². The summed E-state index contributed by atoms with van der Waals surface area (Å²) in [5.41, 5.74) is 1.46. The molecule has 1 fully saturated rings. The Morgan fingerprint density at radius 3 is 2.72 bits per heavy atom. The van der Waals surface area contributed by atoms with Crippen molar-refractivity contribution in [1.82, 2.24) is 24.4 Å². The largest absolute Gasteiger partial charge is 0.383 e. The number of ether oxygens (including phenoxy) is 1. The fraction of sp³-hybridized carbons (Fsp3) is 0.364. The van der Waals surface area contributed by atoms with Crippen LogP contribution in [0.2, 0.25) is 0 Å². The summed E-state index contributed by atoms with van der Waals surface area (Å²) >= 11 is 0. The van der Waals surface area contributed by atoms with Crippen LogP contribution in [-0.2, 0) is 11.3 Å². The summed E-state index contributed by atoms with van der Waals surface area (Å²) in [4.78, 5) is 28.2. The van der Waals surface area contributed by atoms with E-state index in [0.717, 1.165) is 37.3 Å². The molecular formula is C22H25N5O2. The number of nitrogens with zero attached hydrogens (tertiary/aromatic N) is 5. The van der Waals surface area contributed by atoms with E-state index in [2.05, 4.69) is 19.5 Å². The normalized spacial score (nSPS) is 16.7. The Morgan fingerprint density at radius 1 is 1.17 bits per heavy atom. The van der Waals surface area contributed by atoms with Crippen LogP contribution in [0.3, 0.4) is 0 Å². The summed E-state index contributed by atoms with van der Waals surface area (Å²) in [6.45, 7) is 2.81. The Labute approximate surface area is 170 Å². The Hall–Kier alpha value is -3.06. The number of aromatic nitrogens is 4. The highest BCUT2D eigenvalue weighted by molar-refractivity contribution is 5.93. The predicted molar refractivity (Wildman–Crippen MR) is 109 cm³/mol. The maximum atomic E-state index is 13.0. The molecule has 2 aromatic heterocycles. The van der Waals surface area contributed by atoms with Gasteiger partial charge in [0.1, 0.15) is 5.82 Å². The van der Waals surface area contributed by atoms with E-state index < -0.39 is 0 Å². The lowest BCUT2D eigenvalue weighted by Crippen LogP contribution is -2.40. The van der Waals surface area contributed by atoms with Crippen molar-refractivity contribution in [3.05, 3.63) is 66.5 Å². The van der Waals surface area contributed by atoms with Gasteiger partial charge in [-0.15, -0.1) is 0 Å². The first-order valence-electron chi connectivity index (χ1n) is 9.93. The number of imidazole rings is 1. The fourth-order valence-corrected chi connectivity index (χ4v) is 3.79. The number of hydrogen-bond acceptors (Lipinski definition) is 5. The van der Waals surface area contributed by atoms with Gasteiger partial charge >= 0.3 is 0 Å². The van der Waals surface area contributed by atoms with Crippen LogP contribution in [0, 0.1) is 0 Å². The minimum Gasteiger partial charge on any atom is -0.383 e. The van der Waals surface area contributed by atoms with Crippen LogP contribution in [0.15, 0.2) is 55.1 Å². The van der Waals surface area contributed by atoms with Gasteiger partial charge in [-0.05, 0) is 12.8 Å².